The van der Waals surface area contributed by atoms with E-state index in [0.717, 1.165) is 31.1 Å². The van der Waals surface area contributed by atoms with Gasteiger partial charge in [-0.2, -0.15) is 0 Å². The zero-order valence-corrected chi connectivity index (χ0v) is 12.1. The van der Waals surface area contributed by atoms with Gasteiger partial charge in [-0.05, 0) is 49.9 Å². The van der Waals surface area contributed by atoms with Crippen LogP contribution in [0.4, 0.5) is 0 Å². The molecule has 1 aromatic carbocycles. The third-order valence-electron chi connectivity index (χ3n) is 3.99. The van der Waals surface area contributed by atoms with Crippen molar-refractivity contribution in [2.45, 2.75) is 44.8 Å². The van der Waals surface area contributed by atoms with Crippen LogP contribution in [0.15, 0.2) is 18.2 Å². The third kappa shape index (κ3) is 3.07. The number of benzene rings is 1. The number of hydrogen-bond donors (Lipinski definition) is 1. The highest BCUT2D eigenvalue weighted by molar-refractivity contribution is 5.45. The lowest BCUT2D eigenvalue weighted by molar-refractivity contribution is -0.00877. The lowest BCUT2D eigenvalue weighted by Gasteiger charge is -2.28. The molecule has 0 aromatic heterocycles. The minimum atomic E-state index is 0.227. The quantitative estimate of drug-likeness (QED) is 0.831. The number of hydrogen-bond acceptors (Lipinski definition) is 4. The molecule has 20 heavy (non-hydrogen) atoms. The summed E-state index contributed by atoms with van der Waals surface area (Å²) in [6, 6.07) is 6.39. The minimum Gasteiger partial charge on any atom is -0.454 e. The molecular formula is C16H23NO3. The van der Waals surface area contributed by atoms with E-state index in [1.165, 1.54) is 24.8 Å². The Morgan fingerprint density at radius 1 is 1.30 bits per heavy atom. The van der Waals surface area contributed by atoms with Crippen molar-refractivity contribution in [3.63, 3.8) is 0 Å². The van der Waals surface area contributed by atoms with Crippen LogP contribution in [-0.4, -0.2) is 26.0 Å². The van der Waals surface area contributed by atoms with Gasteiger partial charge in [0.15, 0.2) is 11.5 Å². The molecule has 1 aliphatic carbocycles. The SMILES string of the molecule is CCCNC(COC1CCC1)c1ccc2c(c1)OCO2. The van der Waals surface area contributed by atoms with Crippen molar-refractivity contribution in [1.29, 1.82) is 0 Å². The molecule has 110 valence electrons. The second kappa shape index (κ2) is 6.46. The summed E-state index contributed by atoms with van der Waals surface area (Å²) < 4.78 is 16.8. The molecule has 3 rings (SSSR count). The van der Waals surface area contributed by atoms with E-state index in [1.807, 2.05) is 6.07 Å². The summed E-state index contributed by atoms with van der Waals surface area (Å²) in [7, 11) is 0. The summed E-state index contributed by atoms with van der Waals surface area (Å²) >= 11 is 0. The number of fused-ring (bicyclic) bond motifs is 1. The van der Waals surface area contributed by atoms with Crippen molar-refractivity contribution in [2.75, 3.05) is 19.9 Å². The van der Waals surface area contributed by atoms with Crippen molar-refractivity contribution >= 4 is 0 Å². The molecular weight excluding hydrogens is 254 g/mol. The molecule has 0 saturated heterocycles. The highest BCUT2D eigenvalue weighted by Crippen LogP contribution is 2.34. The predicted molar refractivity (Wildman–Crippen MR) is 77.2 cm³/mol. The van der Waals surface area contributed by atoms with Gasteiger partial charge in [0.2, 0.25) is 6.79 Å². The molecule has 1 saturated carbocycles. The fourth-order valence-corrected chi connectivity index (χ4v) is 2.49. The van der Waals surface area contributed by atoms with Crippen LogP contribution in [0.1, 0.15) is 44.2 Å². The Bertz CT molecular complexity index is 445. The van der Waals surface area contributed by atoms with E-state index in [1.54, 1.807) is 0 Å². The first kappa shape index (κ1) is 13.7. The van der Waals surface area contributed by atoms with Gasteiger partial charge in [-0.25, -0.2) is 0 Å². The van der Waals surface area contributed by atoms with Crippen LogP contribution in [0, 0.1) is 0 Å². The van der Waals surface area contributed by atoms with E-state index in [-0.39, 0.29) is 6.04 Å². The standard InChI is InChI=1S/C16H23NO3/c1-2-8-17-14(10-18-13-4-3-5-13)12-6-7-15-16(9-12)20-11-19-15/h6-7,9,13-14,17H,2-5,8,10-11H2,1H3. The highest BCUT2D eigenvalue weighted by atomic mass is 16.7. The van der Waals surface area contributed by atoms with Gasteiger partial charge in [0, 0.05) is 0 Å². The summed E-state index contributed by atoms with van der Waals surface area (Å²) in [4.78, 5) is 0. The zero-order valence-electron chi connectivity index (χ0n) is 12.1. The van der Waals surface area contributed by atoms with Crippen molar-refractivity contribution in [3.05, 3.63) is 23.8 Å². The van der Waals surface area contributed by atoms with Crippen molar-refractivity contribution < 1.29 is 14.2 Å². The molecule has 1 atom stereocenters. The van der Waals surface area contributed by atoms with E-state index in [9.17, 15) is 0 Å². The molecule has 1 heterocycles. The number of rotatable bonds is 7. The van der Waals surface area contributed by atoms with E-state index >= 15 is 0 Å². The Balaban J connectivity index is 1.66. The topological polar surface area (TPSA) is 39.7 Å². The molecule has 4 nitrogen and oxygen atoms in total. The zero-order chi connectivity index (χ0) is 13.8. The molecule has 1 aliphatic heterocycles. The molecule has 0 amide bonds. The average Bonchev–Trinajstić information content (AvgIpc) is 2.87. The highest BCUT2D eigenvalue weighted by Gasteiger charge is 2.22. The average molecular weight is 277 g/mol. The molecule has 0 bridgehead atoms. The molecule has 0 radical (unpaired) electrons. The smallest absolute Gasteiger partial charge is 0.231 e. The molecule has 1 unspecified atom stereocenters. The van der Waals surface area contributed by atoms with Gasteiger partial charge in [0.05, 0.1) is 18.8 Å². The third-order valence-corrected chi connectivity index (χ3v) is 3.99. The first-order valence-corrected chi connectivity index (χ1v) is 7.61. The molecule has 4 heteroatoms. The van der Waals surface area contributed by atoms with Gasteiger partial charge < -0.3 is 19.5 Å². The van der Waals surface area contributed by atoms with Crippen LogP contribution < -0.4 is 14.8 Å². The van der Waals surface area contributed by atoms with Gasteiger partial charge in [-0.1, -0.05) is 13.0 Å². The second-order valence-corrected chi connectivity index (χ2v) is 5.51. The van der Waals surface area contributed by atoms with Gasteiger partial charge in [-0.15, -0.1) is 0 Å². The summed E-state index contributed by atoms with van der Waals surface area (Å²) in [5.74, 6) is 1.68. The lowest BCUT2D eigenvalue weighted by atomic mass is 9.96. The molecule has 2 aliphatic rings. The summed E-state index contributed by atoms with van der Waals surface area (Å²) in [5.41, 5.74) is 1.21. The Morgan fingerprint density at radius 3 is 2.90 bits per heavy atom. The fraction of sp³-hybridized carbons (Fsp3) is 0.625. The number of ether oxygens (including phenoxy) is 3. The Morgan fingerprint density at radius 2 is 2.15 bits per heavy atom. The van der Waals surface area contributed by atoms with E-state index in [4.69, 9.17) is 14.2 Å². The normalized spacial score (nSPS) is 18.9. The maximum absolute atomic E-state index is 5.98. The van der Waals surface area contributed by atoms with Gasteiger partial charge in [0.1, 0.15) is 0 Å². The largest absolute Gasteiger partial charge is 0.454 e. The Labute approximate surface area is 120 Å². The summed E-state index contributed by atoms with van der Waals surface area (Å²) in [6.07, 6.45) is 5.31. The van der Waals surface area contributed by atoms with Crippen molar-refractivity contribution in [1.82, 2.24) is 5.32 Å². The van der Waals surface area contributed by atoms with Crippen LogP contribution in [0.2, 0.25) is 0 Å². The Kier molecular flexibility index (Phi) is 4.43. The van der Waals surface area contributed by atoms with Crippen LogP contribution in [0.3, 0.4) is 0 Å². The maximum atomic E-state index is 5.98. The first-order valence-electron chi connectivity index (χ1n) is 7.61. The fourth-order valence-electron chi connectivity index (χ4n) is 2.49. The summed E-state index contributed by atoms with van der Waals surface area (Å²) in [6.45, 7) is 4.22. The Hall–Kier alpha value is -1.26. The van der Waals surface area contributed by atoms with E-state index in [2.05, 4.69) is 24.4 Å². The van der Waals surface area contributed by atoms with Crippen molar-refractivity contribution in [3.8, 4) is 11.5 Å². The molecule has 1 N–H and O–H groups in total. The molecule has 1 aromatic rings. The van der Waals surface area contributed by atoms with Crippen LogP contribution >= 0.6 is 0 Å². The molecule has 0 spiro atoms. The van der Waals surface area contributed by atoms with E-state index in [0.29, 0.717) is 12.9 Å². The van der Waals surface area contributed by atoms with Gasteiger partial charge >= 0.3 is 0 Å². The first-order chi connectivity index (χ1) is 9.86. The van der Waals surface area contributed by atoms with Crippen molar-refractivity contribution in [2.24, 2.45) is 0 Å². The van der Waals surface area contributed by atoms with Gasteiger partial charge in [0.25, 0.3) is 0 Å². The minimum absolute atomic E-state index is 0.227. The number of nitrogens with one attached hydrogen (secondary N) is 1. The maximum Gasteiger partial charge on any atom is 0.231 e. The predicted octanol–water partition coefficient (Wildman–Crippen LogP) is 3.03. The van der Waals surface area contributed by atoms with E-state index < -0.39 is 0 Å². The second-order valence-electron chi connectivity index (χ2n) is 5.51. The molecule has 1 fully saturated rings. The van der Waals surface area contributed by atoms with Gasteiger partial charge in [-0.3, -0.25) is 0 Å². The van der Waals surface area contributed by atoms with Crippen LogP contribution in [-0.2, 0) is 4.74 Å². The van der Waals surface area contributed by atoms with Crippen LogP contribution in [0.25, 0.3) is 0 Å². The monoisotopic (exact) mass is 277 g/mol. The van der Waals surface area contributed by atoms with Crippen LogP contribution in [0.5, 0.6) is 11.5 Å². The summed E-state index contributed by atoms with van der Waals surface area (Å²) in [5, 5.41) is 3.56. The lowest BCUT2D eigenvalue weighted by Crippen LogP contribution is -2.30.